The van der Waals surface area contributed by atoms with Gasteiger partial charge in [0.05, 0.1) is 7.11 Å². The van der Waals surface area contributed by atoms with Gasteiger partial charge in [0.1, 0.15) is 11.6 Å². The van der Waals surface area contributed by atoms with Gasteiger partial charge < -0.3 is 10.5 Å². The van der Waals surface area contributed by atoms with Gasteiger partial charge in [0.15, 0.2) is 0 Å². The number of benzene rings is 2. The molecule has 2 aromatic rings. The lowest BCUT2D eigenvalue weighted by molar-refractivity contribution is 0.411. The van der Waals surface area contributed by atoms with Gasteiger partial charge in [0.25, 0.3) is 0 Å². The van der Waals surface area contributed by atoms with E-state index in [9.17, 15) is 4.39 Å². The Hall–Kier alpha value is -1.52. The zero-order valence-corrected chi connectivity index (χ0v) is 11.5. The Balaban J connectivity index is 2.05. The van der Waals surface area contributed by atoms with E-state index in [1.807, 2.05) is 24.3 Å². The van der Waals surface area contributed by atoms with Crippen molar-refractivity contribution < 1.29 is 9.13 Å². The van der Waals surface area contributed by atoms with E-state index in [0.29, 0.717) is 23.6 Å². The predicted octanol–water partition coefficient (Wildman–Crippen LogP) is 3.59. The van der Waals surface area contributed by atoms with E-state index in [4.69, 9.17) is 10.5 Å². The van der Waals surface area contributed by atoms with Gasteiger partial charge in [0, 0.05) is 23.3 Å². The van der Waals surface area contributed by atoms with E-state index in [1.54, 1.807) is 23.9 Å². The Morgan fingerprint density at radius 3 is 2.74 bits per heavy atom. The second kappa shape index (κ2) is 6.59. The highest BCUT2D eigenvalue weighted by Gasteiger charge is 2.05. The first-order chi connectivity index (χ1) is 9.22. The first kappa shape index (κ1) is 13.9. The summed E-state index contributed by atoms with van der Waals surface area (Å²) >= 11 is 1.59. The summed E-state index contributed by atoms with van der Waals surface area (Å²) in [6.45, 7) is 0.519. The molecule has 2 N–H and O–H groups in total. The molecule has 0 amide bonds. The van der Waals surface area contributed by atoms with Crippen molar-refractivity contribution in [2.75, 3.05) is 7.11 Å². The van der Waals surface area contributed by atoms with Crippen molar-refractivity contribution in [3.8, 4) is 5.75 Å². The number of thioether (sulfide) groups is 1. The molecule has 2 aromatic carbocycles. The Morgan fingerprint density at radius 2 is 2.05 bits per heavy atom. The first-order valence-electron chi connectivity index (χ1n) is 5.97. The SMILES string of the molecule is COc1ccc(CSc2cccc(CN)c2)c(F)c1. The van der Waals surface area contributed by atoms with Crippen LogP contribution in [0.25, 0.3) is 0 Å². The maximum Gasteiger partial charge on any atom is 0.130 e. The molecule has 0 aromatic heterocycles. The second-order valence-corrected chi connectivity index (χ2v) is 5.15. The molecule has 0 spiro atoms. The van der Waals surface area contributed by atoms with E-state index in [1.165, 1.54) is 13.2 Å². The van der Waals surface area contributed by atoms with E-state index in [2.05, 4.69) is 0 Å². The fourth-order valence-corrected chi connectivity index (χ4v) is 2.66. The van der Waals surface area contributed by atoms with Crippen LogP contribution in [0.1, 0.15) is 11.1 Å². The van der Waals surface area contributed by atoms with Crippen molar-refractivity contribution in [3.05, 3.63) is 59.4 Å². The average molecular weight is 277 g/mol. The summed E-state index contributed by atoms with van der Waals surface area (Å²) in [4.78, 5) is 1.10. The Kier molecular flexibility index (Phi) is 4.82. The van der Waals surface area contributed by atoms with Crippen LogP contribution in [0, 0.1) is 5.82 Å². The van der Waals surface area contributed by atoms with Gasteiger partial charge in [0.2, 0.25) is 0 Å². The van der Waals surface area contributed by atoms with Crippen molar-refractivity contribution in [1.29, 1.82) is 0 Å². The first-order valence-corrected chi connectivity index (χ1v) is 6.95. The summed E-state index contributed by atoms with van der Waals surface area (Å²) in [6.07, 6.45) is 0. The predicted molar refractivity (Wildman–Crippen MR) is 76.8 cm³/mol. The standard InChI is InChI=1S/C15H16FNOS/c1-18-13-6-5-12(15(16)8-13)10-19-14-4-2-3-11(7-14)9-17/h2-8H,9-10,17H2,1H3. The van der Waals surface area contributed by atoms with Crippen molar-refractivity contribution in [2.24, 2.45) is 5.73 Å². The Labute approximate surface area is 116 Å². The maximum atomic E-state index is 13.8. The summed E-state index contributed by atoms with van der Waals surface area (Å²) in [6, 6.07) is 12.9. The van der Waals surface area contributed by atoms with E-state index in [-0.39, 0.29) is 5.82 Å². The van der Waals surface area contributed by atoms with E-state index < -0.39 is 0 Å². The smallest absolute Gasteiger partial charge is 0.130 e. The molecule has 0 aliphatic rings. The summed E-state index contributed by atoms with van der Waals surface area (Å²) in [5, 5.41) is 0. The van der Waals surface area contributed by atoms with Crippen LogP contribution in [-0.4, -0.2) is 7.11 Å². The van der Waals surface area contributed by atoms with Crippen molar-refractivity contribution in [1.82, 2.24) is 0 Å². The van der Waals surface area contributed by atoms with Crippen LogP contribution in [0.3, 0.4) is 0 Å². The molecule has 2 nitrogen and oxygen atoms in total. The molecule has 100 valence electrons. The van der Waals surface area contributed by atoms with Crippen LogP contribution in [-0.2, 0) is 12.3 Å². The van der Waals surface area contributed by atoms with Crippen LogP contribution in [0.2, 0.25) is 0 Å². The number of methoxy groups -OCH3 is 1. The fraction of sp³-hybridized carbons (Fsp3) is 0.200. The third kappa shape index (κ3) is 3.72. The minimum Gasteiger partial charge on any atom is -0.497 e. The molecule has 0 aliphatic carbocycles. The van der Waals surface area contributed by atoms with Crippen LogP contribution in [0.4, 0.5) is 4.39 Å². The maximum absolute atomic E-state index is 13.8. The Morgan fingerprint density at radius 1 is 1.21 bits per heavy atom. The minimum atomic E-state index is -0.234. The van der Waals surface area contributed by atoms with Crippen LogP contribution in [0.15, 0.2) is 47.4 Å². The summed E-state index contributed by atoms with van der Waals surface area (Å²) in [5.74, 6) is 0.891. The third-order valence-corrected chi connectivity index (χ3v) is 3.83. The third-order valence-electron chi connectivity index (χ3n) is 2.79. The monoisotopic (exact) mass is 277 g/mol. The van der Waals surface area contributed by atoms with Gasteiger partial charge in [-0.15, -0.1) is 11.8 Å². The number of nitrogens with two attached hydrogens (primary N) is 1. The molecule has 0 atom stereocenters. The van der Waals surface area contributed by atoms with Gasteiger partial charge in [-0.2, -0.15) is 0 Å². The van der Waals surface area contributed by atoms with E-state index >= 15 is 0 Å². The van der Waals surface area contributed by atoms with Gasteiger partial charge in [-0.05, 0) is 29.3 Å². The average Bonchev–Trinajstić information content (AvgIpc) is 2.46. The van der Waals surface area contributed by atoms with E-state index in [0.717, 1.165) is 10.5 Å². The molecule has 0 saturated carbocycles. The lowest BCUT2D eigenvalue weighted by Crippen LogP contribution is -1.95. The normalized spacial score (nSPS) is 10.5. The zero-order valence-electron chi connectivity index (χ0n) is 10.7. The summed E-state index contributed by atoms with van der Waals surface area (Å²) < 4.78 is 18.8. The second-order valence-electron chi connectivity index (χ2n) is 4.10. The van der Waals surface area contributed by atoms with Crippen molar-refractivity contribution >= 4 is 11.8 Å². The fourth-order valence-electron chi connectivity index (χ4n) is 1.70. The van der Waals surface area contributed by atoms with Gasteiger partial charge >= 0.3 is 0 Å². The van der Waals surface area contributed by atoms with Crippen LogP contribution >= 0.6 is 11.8 Å². The van der Waals surface area contributed by atoms with Gasteiger partial charge in [-0.3, -0.25) is 0 Å². The largest absolute Gasteiger partial charge is 0.497 e. The van der Waals surface area contributed by atoms with Gasteiger partial charge in [-0.1, -0.05) is 18.2 Å². The minimum absolute atomic E-state index is 0.234. The molecule has 2 rings (SSSR count). The molecular formula is C15H16FNOS. The molecule has 4 heteroatoms. The molecule has 0 radical (unpaired) electrons. The van der Waals surface area contributed by atoms with Gasteiger partial charge in [-0.25, -0.2) is 4.39 Å². The van der Waals surface area contributed by atoms with Crippen molar-refractivity contribution in [2.45, 2.75) is 17.2 Å². The quantitative estimate of drug-likeness (QED) is 0.848. The number of hydrogen-bond donors (Lipinski definition) is 1. The highest BCUT2D eigenvalue weighted by atomic mass is 32.2. The molecule has 0 bridgehead atoms. The highest BCUT2D eigenvalue weighted by molar-refractivity contribution is 7.98. The number of hydrogen-bond acceptors (Lipinski definition) is 3. The number of ether oxygens (including phenoxy) is 1. The molecule has 0 unspecified atom stereocenters. The van der Waals surface area contributed by atoms with Crippen molar-refractivity contribution in [3.63, 3.8) is 0 Å². The Bertz CT molecular complexity index is 560. The lowest BCUT2D eigenvalue weighted by atomic mass is 10.2. The molecule has 0 saturated heterocycles. The molecular weight excluding hydrogens is 261 g/mol. The topological polar surface area (TPSA) is 35.2 Å². The summed E-state index contributed by atoms with van der Waals surface area (Å²) in [5.41, 5.74) is 7.35. The highest BCUT2D eigenvalue weighted by Crippen LogP contribution is 2.26. The van der Waals surface area contributed by atoms with Crippen LogP contribution in [0.5, 0.6) is 5.75 Å². The molecule has 0 fully saturated rings. The molecule has 0 aliphatic heterocycles. The molecule has 19 heavy (non-hydrogen) atoms. The van der Waals surface area contributed by atoms with Crippen LogP contribution < -0.4 is 10.5 Å². The number of rotatable bonds is 5. The number of halogens is 1. The summed E-state index contributed by atoms with van der Waals surface area (Å²) in [7, 11) is 1.53. The zero-order chi connectivity index (χ0) is 13.7. The lowest BCUT2D eigenvalue weighted by Gasteiger charge is -2.06. The molecule has 0 heterocycles.